The summed E-state index contributed by atoms with van der Waals surface area (Å²) < 4.78 is 5.19. The Hall–Kier alpha value is -1.30. The lowest BCUT2D eigenvalue weighted by Crippen LogP contribution is -2.50. The molecule has 1 aliphatic carbocycles. The number of nitrogens with zero attached hydrogens (tertiary/aromatic N) is 1. The molecule has 102 valence electrons. The van der Waals surface area contributed by atoms with Crippen LogP contribution in [0.5, 0.6) is 0 Å². The Morgan fingerprint density at radius 3 is 2.61 bits per heavy atom. The van der Waals surface area contributed by atoms with Gasteiger partial charge in [0.15, 0.2) is 0 Å². The van der Waals surface area contributed by atoms with Crippen LogP contribution in [0.4, 0.5) is 4.79 Å². The molecule has 2 N–H and O–H groups in total. The van der Waals surface area contributed by atoms with Gasteiger partial charge in [0.05, 0.1) is 19.1 Å². The summed E-state index contributed by atoms with van der Waals surface area (Å²) in [6.45, 7) is 2.38. The van der Waals surface area contributed by atoms with Crippen LogP contribution >= 0.6 is 0 Å². The Kier molecular flexibility index (Phi) is 4.41. The summed E-state index contributed by atoms with van der Waals surface area (Å²) in [6.07, 6.45) is 3.01. The number of carbonyl (C=O) groups excluding carboxylic acids is 1. The number of aliphatic carboxylic acids is 1. The fraction of sp³-hybridized carbons (Fsp3) is 0.833. The summed E-state index contributed by atoms with van der Waals surface area (Å²) in [6, 6.07) is -0.0930. The minimum absolute atomic E-state index is 0.00445. The van der Waals surface area contributed by atoms with Crippen molar-refractivity contribution < 1.29 is 19.4 Å². The van der Waals surface area contributed by atoms with Crippen LogP contribution in [-0.4, -0.2) is 54.4 Å². The average molecular weight is 256 g/mol. The van der Waals surface area contributed by atoms with Gasteiger partial charge in [0.25, 0.3) is 0 Å². The zero-order chi connectivity index (χ0) is 13.0. The fourth-order valence-electron chi connectivity index (χ4n) is 2.58. The van der Waals surface area contributed by atoms with E-state index in [2.05, 4.69) is 5.32 Å². The van der Waals surface area contributed by atoms with Crippen molar-refractivity contribution in [2.75, 3.05) is 26.3 Å². The molecule has 0 radical (unpaired) electrons. The number of urea groups is 1. The van der Waals surface area contributed by atoms with Crippen LogP contribution < -0.4 is 5.32 Å². The third-order valence-electron chi connectivity index (χ3n) is 3.65. The van der Waals surface area contributed by atoms with Gasteiger partial charge in [-0.05, 0) is 19.3 Å². The third-order valence-corrected chi connectivity index (χ3v) is 3.65. The SMILES string of the molecule is O=C(O)C1CCCC(NC(=O)N2CCOCC2)C1. The first-order valence-corrected chi connectivity index (χ1v) is 6.53. The van der Waals surface area contributed by atoms with Crippen molar-refractivity contribution in [3.05, 3.63) is 0 Å². The van der Waals surface area contributed by atoms with Crippen molar-refractivity contribution >= 4 is 12.0 Å². The highest BCUT2D eigenvalue weighted by molar-refractivity contribution is 5.75. The van der Waals surface area contributed by atoms with Gasteiger partial charge >= 0.3 is 12.0 Å². The number of hydrogen-bond donors (Lipinski definition) is 2. The predicted molar refractivity (Wildman–Crippen MR) is 64.3 cm³/mol. The van der Waals surface area contributed by atoms with Crippen molar-refractivity contribution in [1.29, 1.82) is 0 Å². The number of carbonyl (C=O) groups is 2. The molecule has 0 aromatic rings. The molecule has 2 rings (SSSR count). The summed E-state index contributed by atoms with van der Waals surface area (Å²) in [5.74, 6) is -1.06. The minimum atomic E-state index is -0.750. The molecule has 2 amide bonds. The average Bonchev–Trinajstić information content (AvgIpc) is 2.40. The predicted octanol–water partition coefficient (Wildman–Crippen LogP) is 0.672. The first-order valence-electron chi connectivity index (χ1n) is 6.53. The van der Waals surface area contributed by atoms with Gasteiger partial charge in [-0.15, -0.1) is 0 Å². The van der Waals surface area contributed by atoms with E-state index in [0.29, 0.717) is 32.7 Å². The zero-order valence-electron chi connectivity index (χ0n) is 10.4. The topological polar surface area (TPSA) is 78.9 Å². The Labute approximate surface area is 106 Å². The van der Waals surface area contributed by atoms with Crippen LogP contribution in [0.1, 0.15) is 25.7 Å². The van der Waals surface area contributed by atoms with E-state index in [1.807, 2.05) is 0 Å². The third kappa shape index (κ3) is 3.35. The molecule has 1 saturated carbocycles. The number of carboxylic acid groups (broad SMARTS) is 1. The van der Waals surface area contributed by atoms with Crippen molar-refractivity contribution in [1.82, 2.24) is 10.2 Å². The van der Waals surface area contributed by atoms with Gasteiger partial charge in [-0.3, -0.25) is 4.79 Å². The molecular weight excluding hydrogens is 236 g/mol. The molecule has 1 heterocycles. The Balaban J connectivity index is 1.81. The van der Waals surface area contributed by atoms with Crippen molar-refractivity contribution in [3.8, 4) is 0 Å². The van der Waals surface area contributed by atoms with E-state index in [-0.39, 0.29) is 18.0 Å². The number of ether oxygens (including phenoxy) is 1. The summed E-state index contributed by atoms with van der Waals surface area (Å²) in [7, 11) is 0. The Bertz CT molecular complexity index is 315. The number of hydrogen-bond acceptors (Lipinski definition) is 3. The van der Waals surface area contributed by atoms with Gasteiger partial charge in [0, 0.05) is 19.1 Å². The maximum atomic E-state index is 12.0. The molecule has 1 saturated heterocycles. The number of carboxylic acids is 1. The summed E-state index contributed by atoms with van der Waals surface area (Å²) in [5, 5.41) is 11.9. The number of rotatable bonds is 2. The van der Waals surface area contributed by atoms with E-state index in [1.54, 1.807) is 4.90 Å². The first kappa shape index (κ1) is 13.1. The van der Waals surface area contributed by atoms with Gasteiger partial charge in [-0.2, -0.15) is 0 Å². The molecule has 2 atom stereocenters. The molecule has 0 aromatic carbocycles. The van der Waals surface area contributed by atoms with E-state index in [9.17, 15) is 9.59 Å². The van der Waals surface area contributed by atoms with E-state index < -0.39 is 5.97 Å². The zero-order valence-corrected chi connectivity index (χ0v) is 10.4. The van der Waals surface area contributed by atoms with Gasteiger partial charge in [0.2, 0.25) is 0 Å². The summed E-state index contributed by atoms with van der Waals surface area (Å²) in [4.78, 5) is 24.6. The Morgan fingerprint density at radius 1 is 1.22 bits per heavy atom. The van der Waals surface area contributed by atoms with Crippen LogP contribution in [-0.2, 0) is 9.53 Å². The number of nitrogens with one attached hydrogen (secondary N) is 1. The summed E-state index contributed by atoms with van der Waals surface area (Å²) in [5.41, 5.74) is 0. The highest BCUT2D eigenvalue weighted by atomic mass is 16.5. The highest BCUT2D eigenvalue weighted by Gasteiger charge is 2.29. The lowest BCUT2D eigenvalue weighted by atomic mass is 9.86. The Morgan fingerprint density at radius 2 is 1.94 bits per heavy atom. The number of amides is 2. The van der Waals surface area contributed by atoms with E-state index >= 15 is 0 Å². The molecule has 0 bridgehead atoms. The molecule has 6 heteroatoms. The van der Waals surface area contributed by atoms with Crippen LogP contribution in [0.25, 0.3) is 0 Å². The van der Waals surface area contributed by atoms with E-state index in [0.717, 1.165) is 19.3 Å². The smallest absolute Gasteiger partial charge is 0.317 e. The van der Waals surface area contributed by atoms with Gasteiger partial charge in [-0.1, -0.05) is 6.42 Å². The second kappa shape index (κ2) is 6.04. The molecule has 6 nitrogen and oxygen atoms in total. The minimum Gasteiger partial charge on any atom is -0.481 e. The monoisotopic (exact) mass is 256 g/mol. The lowest BCUT2D eigenvalue weighted by molar-refractivity contribution is -0.143. The standard InChI is InChI=1S/C12H20N2O4/c15-11(16)9-2-1-3-10(8-9)13-12(17)14-4-6-18-7-5-14/h9-10H,1-8H2,(H,13,17)(H,15,16). The quantitative estimate of drug-likeness (QED) is 0.761. The van der Waals surface area contributed by atoms with E-state index in [1.165, 1.54) is 0 Å². The molecule has 0 spiro atoms. The fourth-order valence-corrected chi connectivity index (χ4v) is 2.58. The lowest BCUT2D eigenvalue weighted by Gasteiger charge is -2.32. The van der Waals surface area contributed by atoms with Crippen LogP contribution in [0.15, 0.2) is 0 Å². The molecule has 18 heavy (non-hydrogen) atoms. The van der Waals surface area contributed by atoms with Crippen molar-refractivity contribution in [2.45, 2.75) is 31.7 Å². The highest BCUT2D eigenvalue weighted by Crippen LogP contribution is 2.24. The van der Waals surface area contributed by atoms with Gasteiger partial charge < -0.3 is 20.1 Å². The van der Waals surface area contributed by atoms with Crippen LogP contribution in [0.3, 0.4) is 0 Å². The largest absolute Gasteiger partial charge is 0.481 e. The normalized spacial score (nSPS) is 28.8. The second-order valence-corrected chi connectivity index (χ2v) is 4.95. The van der Waals surface area contributed by atoms with Gasteiger partial charge in [-0.25, -0.2) is 4.79 Å². The van der Waals surface area contributed by atoms with Crippen LogP contribution in [0, 0.1) is 5.92 Å². The first-order chi connectivity index (χ1) is 8.66. The van der Waals surface area contributed by atoms with Crippen molar-refractivity contribution in [3.63, 3.8) is 0 Å². The maximum Gasteiger partial charge on any atom is 0.317 e. The molecule has 1 aliphatic heterocycles. The number of morpholine rings is 1. The second-order valence-electron chi connectivity index (χ2n) is 4.95. The molecular formula is C12H20N2O4. The molecule has 2 aliphatic rings. The van der Waals surface area contributed by atoms with Crippen molar-refractivity contribution in [2.24, 2.45) is 5.92 Å². The molecule has 2 fully saturated rings. The van der Waals surface area contributed by atoms with E-state index in [4.69, 9.17) is 9.84 Å². The summed E-state index contributed by atoms with van der Waals surface area (Å²) >= 11 is 0. The molecule has 2 unspecified atom stereocenters. The van der Waals surface area contributed by atoms with Gasteiger partial charge in [0.1, 0.15) is 0 Å². The van der Waals surface area contributed by atoms with Crippen LogP contribution in [0.2, 0.25) is 0 Å². The maximum absolute atomic E-state index is 12.0. The molecule has 0 aromatic heterocycles.